The molecule has 2 fully saturated rings. The van der Waals surface area contributed by atoms with E-state index in [1.165, 1.54) is 44.3 Å². The topological polar surface area (TPSA) is 32.3 Å². The predicted molar refractivity (Wildman–Crippen MR) is 82.2 cm³/mol. The summed E-state index contributed by atoms with van der Waals surface area (Å²) in [6.45, 7) is 9.22. The summed E-state index contributed by atoms with van der Waals surface area (Å²) in [6, 6.07) is 0.671. The summed E-state index contributed by atoms with van der Waals surface area (Å²) in [6.07, 6.45) is 9.17. The Kier molecular flexibility index (Phi) is 4.20. The molecular formula is C16H26N4. The van der Waals surface area contributed by atoms with E-state index in [1.54, 1.807) is 0 Å². The number of hydrogen-bond donors (Lipinski definition) is 0. The smallest absolute Gasteiger partial charge is 0.225 e. The quantitative estimate of drug-likeness (QED) is 0.848. The lowest BCUT2D eigenvalue weighted by atomic mass is 9.91. The molecule has 2 aliphatic heterocycles. The SMILES string of the molecule is CC(C)N1CCC(c2cnc(N3CCCC3)nc2)CC1. The van der Waals surface area contributed by atoms with Crippen LogP contribution in [0.2, 0.25) is 0 Å². The zero-order chi connectivity index (χ0) is 13.9. The summed E-state index contributed by atoms with van der Waals surface area (Å²) >= 11 is 0. The number of rotatable bonds is 3. The second-order valence-electron chi connectivity index (χ2n) is 6.41. The predicted octanol–water partition coefficient (Wildman–Crippen LogP) is 2.66. The zero-order valence-electron chi connectivity index (χ0n) is 12.8. The van der Waals surface area contributed by atoms with Crippen LogP contribution in [0.15, 0.2) is 12.4 Å². The monoisotopic (exact) mass is 274 g/mol. The maximum atomic E-state index is 4.59. The van der Waals surface area contributed by atoms with Gasteiger partial charge in [-0.15, -0.1) is 0 Å². The van der Waals surface area contributed by atoms with Gasteiger partial charge in [-0.1, -0.05) is 0 Å². The fourth-order valence-corrected chi connectivity index (χ4v) is 3.37. The van der Waals surface area contributed by atoms with Gasteiger partial charge in [0.2, 0.25) is 5.95 Å². The van der Waals surface area contributed by atoms with Crippen molar-refractivity contribution in [1.29, 1.82) is 0 Å². The first-order valence-electron chi connectivity index (χ1n) is 8.05. The van der Waals surface area contributed by atoms with E-state index in [0.29, 0.717) is 12.0 Å². The Balaban J connectivity index is 1.60. The van der Waals surface area contributed by atoms with Gasteiger partial charge in [0.15, 0.2) is 0 Å². The molecular weight excluding hydrogens is 248 g/mol. The molecule has 20 heavy (non-hydrogen) atoms. The van der Waals surface area contributed by atoms with Crippen molar-refractivity contribution >= 4 is 5.95 Å². The Bertz CT molecular complexity index is 415. The van der Waals surface area contributed by atoms with E-state index in [9.17, 15) is 0 Å². The van der Waals surface area contributed by atoms with Crippen LogP contribution in [0.25, 0.3) is 0 Å². The molecule has 1 aromatic rings. The van der Waals surface area contributed by atoms with Crippen LogP contribution in [0.4, 0.5) is 5.95 Å². The first kappa shape index (κ1) is 13.8. The summed E-state index contributed by atoms with van der Waals surface area (Å²) in [5, 5.41) is 0. The Morgan fingerprint density at radius 2 is 1.60 bits per heavy atom. The van der Waals surface area contributed by atoms with Crippen molar-refractivity contribution in [2.24, 2.45) is 0 Å². The van der Waals surface area contributed by atoms with E-state index >= 15 is 0 Å². The third kappa shape index (κ3) is 2.95. The molecule has 0 bridgehead atoms. The molecule has 2 aliphatic rings. The van der Waals surface area contributed by atoms with E-state index in [1.807, 2.05) is 0 Å². The highest BCUT2D eigenvalue weighted by Gasteiger charge is 2.23. The third-order valence-electron chi connectivity index (χ3n) is 4.78. The molecule has 0 atom stereocenters. The second-order valence-corrected chi connectivity index (χ2v) is 6.41. The number of aromatic nitrogens is 2. The molecule has 0 aromatic carbocycles. The van der Waals surface area contributed by atoms with Gasteiger partial charge in [-0.3, -0.25) is 0 Å². The summed E-state index contributed by atoms with van der Waals surface area (Å²) < 4.78 is 0. The second kappa shape index (κ2) is 6.08. The summed E-state index contributed by atoms with van der Waals surface area (Å²) in [5.41, 5.74) is 1.33. The van der Waals surface area contributed by atoms with Crippen LogP contribution in [0, 0.1) is 0 Å². The lowest BCUT2D eigenvalue weighted by Gasteiger charge is -2.34. The summed E-state index contributed by atoms with van der Waals surface area (Å²) in [4.78, 5) is 14.0. The van der Waals surface area contributed by atoms with Crippen LogP contribution >= 0.6 is 0 Å². The van der Waals surface area contributed by atoms with Crippen LogP contribution in [0.5, 0.6) is 0 Å². The molecule has 0 spiro atoms. The highest BCUT2D eigenvalue weighted by Crippen LogP contribution is 2.28. The maximum Gasteiger partial charge on any atom is 0.225 e. The number of hydrogen-bond acceptors (Lipinski definition) is 4. The summed E-state index contributed by atoms with van der Waals surface area (Å²) in [5.74, 6) is 1.57. The molecule has 3 rings (SSSR count). The fourth-order valence-electron chi connectivity index (χ4n) is 3.37. The lowest BCUT2D eigenvalue weighted by Crippen LogP contribution is -2.37. The molecule has 0 aliphatic carbocycles. The van der Waals surface area contributed by atoms with E-state index in [2.05, 4.69) is 46.0 Å². The Morgan fingerprint density at radius 1 is 1.00 bits per heavy atom. The van der Waals surface area contributed by atoms with Crippen molar-refractivity contribution in [3.05, 3.63) is 18.0 Å². The molecule has 0 radical (unpaired) electrons. The maximum absolute atomic E-state index is 4.59. The highest BCUT2D eigenvalue weighted by atomic mass is 15.3. The van der Waals surface area contributed by atoms with Crippen molar-refractivity contribution < 1.29 is 0 Å². The van der Waals surface area contributed by atoms with E-state index in [-0.39, 0.29) is 0 Å². The van der Waals surface area contributed by atoms with Gasteiger partial charge in [0.05, 0.1) is 0 Å². The molecule has 4 heteroatoms. The van der Waals surface area contributed by atoms with Gasteiger partial charge in [0.1, 0.15) is 0 Å². The Morgan fingerprint density at radius 3 is 2.15 bits per heavy atom. The van der Waals surface area contributed by atoms with Crippen molar-refractivity contribution in [2.75, 3.05) is 31.1 Å². The van der Waals surface area contributed by atoms with Gasteiger partial charge in [-0.25, -0.2) is 9.97 Å². The lowest BCUT2D eigenvalue weighted by molar-refractivity contribution is 0.171. The van der Waals surface area contributed by atoms with Gasteiger partial charge in [-0.2, -0.15) is 0 Å². The van der Waals surface area contributed by atoms with Crippen LogP contribution in [-0.2, 0) is 0 Å². The Labute approximate surface area is 122 Å². The molecule has 0 unspecified atom stereocenters. The van der Waals surface area contributed by atoms with Crippen LogP contribution in [-0.4, -0.2) is 47.1 Å². The van der Waals surface area contributed by atoms with Crippen LogP contribution < -0.4 is 4.90 Å². The van der Waals surface area contributed by atoms with Gasteiger partial charge in [-0.05, 0) is 64.1 Å². The minimum atomic E-state index is 0.651. The van der Waals surface area contributed by atoms with Gasteiger partial charge < -0.3 is 9.80 Å². The molecule has 1 aromatic heterocycles. The highest BCUT2D eigenvalue weighted by molar-refractivity contribution is 5.31. The number of nitrogens with zero attached hydrogens (tertiary/aromatic N) is 4. The average Bonchev–Trinajstić information content (AvgIpc) is 3.02. The van der Waals surface area contributed by atoms with Crippen LogP contribution in [0.1, 0.15) is 51.0 Å². The Hall–Kier alpha value is -1.16. The van der Waals surface area contributed by atoms with Crippen molar-refractivity contribution in [3.63, 3.8) is 0 Å². The van der Waals surface area contributed by atoms with Crippen molar-refractivity contribution in [3.8, 4) is 0 Å². The van der Waals surface area contributed by atoms with Crippen molar-refractivity contribution in [2.45, 2.75) is 51.5 Å². The molecule has 4 nitrogen and oxygen atoms in total. The summed E-state index contributed by atoms with van der Waals surface area (Å²) in [7, 11) is 0. The first-order chi connectivity index (χ1) is 9.74. The normalized spacial score (nSPS) is 21.9. The van der Waals surface area contributed by atoms with Crippen LogP contribution in [0.3, 0.4) is 0 Å². The number of anilines is 1. The van der Waals surface area contributed by atoms with Crippen molar-refractivity contribution in [1.82, 2.24) is 14.9 Å². The number of piperidine rings is 1. The molecule has 3 heterocycles. The largest absolute Gasteiger partial charge is 0.341 e. The van der Waals surface area contributed by atoms with Gasteiger partial charge in [0.25, 0.3) is 0 Å². The van der Waals surface area contributed by atoms with Gasteiger partial charge in [0, 0.05) is 31.5 Å². The van der Waals surface area contributed by atoms with Gasteiger partial charge >= 0.3 is 0 Å². The number of likely N-dealkylation sites (tertiary alicyclic amines) is 1. The minimum absolute atomic E-state index is 0.651. The fraction of sp³-hybridized carbons (Fsp3) is 0.750. The molecule has 2 saturated heterocycles. The molecule has 110 valence electrons. The van der Waals surface area contributed by atoms with E-state index in [0.717, 1.165) is 19.0 Å². The minimum Gasteiger partial charge on any atom is -0.341 e. The standard InChI is InChI=1S/C16H26N4/c1-13(2)19-9-5-14(6-10-19)15-11-17-16(18-12-15)20-7-3-4-8-20/h11-14H,3-10H2,1-2H3. The molecule has 0 amide bonds. The van der Waals surface area contributed by atoms with E-state index < -0.39 is 0 Å². The molecule has 0 N–H and O–H groups in total. The van der Waals surface area contributed by atoms with E-state index in [4.69, 9.17) is 0 Å². The first-order valence-corrected chi connectivity index (χ1v) is 8.05. The average molecular weight is 274 g/mol. The third-order valence-corrected chi connectivity index (χ3v) is 4.78. The zero-order valence-corrected chi connectivity index (χ0v) is 12.8. The molecule has 0 saturated carbocycles.